The lowest BCUT2D eigenvalue weighted by atomic mass is 10.1. The van der Waals surface area contributed by atoms with Crippen molar-refractivity contribution in [2.45, 2.75) is 45.8 Å². The van der Waals surface area contributed by atoms with E-state index in [1.165, 1.54) is 0 Å². The maximum absolute atomic E-state index is 12.6. The number of ether oxygens (including phenoxy) is 1. The van der Waals surface area contributed by atoms with Crippen molar-refractivity contribution in [2.24, 2.45) is 5.92 Å². The fourth-order valence-corrected chi connectivity index (χ4v) is 3.24. The molecule has 1 aromatic carbocycles. The van der Waals surface area contributed by atoms with Crippen molar-refractivity contribution in [2.75, 3.05) is 0 Å². The maximum Gasteiger partial charge on any atom is 0.306 e. The normalized spacial score (nSPS) is 19.3. The minimum atomic E-state index is -0.801. The van der Waals surface area contributed by atoms with E-state index in [1.54, 1.807) is 24.3 Å². The van der Waals surface area contributed by atoms with Gasteiger partial charge in [-0.25, -0.2) is 0 Å². The van der Waals surface area contributed by atoms with Crippen molar-refractivity contribution in [1.29, 1.82) is 0 Å². The summed E-state index contributed by atoms with van der Waals surface area (Å²) in [6, 6.07) is 6.88. The smallest absolute Gasteiger partial charge is 0.306 e. The largest absolute Gasteiger partial charge is 0.488 e. The molecule has 1 aromatic heterocycles. The van der Waals surface area contributed by atoms with Gasteiger partial charge in [-0.2, -0.15) is 0 Å². The first-order valence-electron chi connectivity index (χ1n) is 8.63. The van der Waals surface area contributed by atoms with Crippen LogP contribution in [0, 0.1) is 19.8 Å². The van der Waals surface area contributed by atoms with Gasteiger partial charge in [0, 0.05) is 6.04 Å². The van der Waals surface area contributed by atoms with E-state index in [0.29, 0.717) is 36.3 Å². The highest BCUT2D eigenvalue weighted by molar-refractivity contribution is 5.97. The molecule has 7 nitrogen and oxygen atoms in total. The summed E-state index contributed by atoms with van der Waals surface area (Å²) in [5.41, 5.74) is 2.05. The first-order chi connectivity index (χ1) is 12.5. The predicted octanol–water partition coefficient (Wildman–Crippen LogP) is 2.85. The van der Waals surface area contributed by atoms with Crippen LogP contribution in [0.2, 0.25) is 0 Å². The molecule has 2 aromatic rings. The lowest BCUT2D eigenvalue weighted by Gasteiger charge is -2.15. The van der Waals surface area contributed by atoms with Gasteiger partial charge in [0.25, 0.3) is 5.91 Å². The molecular formula is C19H22N2O5. The molecule has 1 aliphatic carbocycles. The third-order valence-corrected chi connectivity index (χ3v) is 4.80. The zero-order valence-electron chi connectivity index (χ0n) is 14.8. The second kappa shape index (κ2) is 7.59. The number of aliphatic carboxylic acids is 1. The van der Waals surface area contributed by atoms with Crippen molar-refractivity contribution >= 4 is 11.9 Å². The summed E-state index contributed by atoms with van der Waals surface area (Å²) in [7, 11) is 0. The quantitative estimate of drug-likeness (QED) is 0.823. The third-order valence-electron chi connectivity index (χ3n) is 4.80. The summed E-state index contributed by atoms with van der Waals surface area (Å²) in [6.45, 7) is 3.92. The standard InChI is InChI=1S/C19H22N2O5/c1-11-16(12(2)26-21-11)10-25-17-6-4-3-5-15(17)18(22)20-14-8-7-13(9-14)19(23)24/h3-6,13-14H,7-10H2,1-2H3,(H,20,22)(H,23,24)/t13-,14+/m0/s1. The number of carboxylic acids is 1. The van der Waals surface area contributed by atoms with Crippen molar-refractivity contribution in [1.82, 2.24) is 10.5 Å². The van der Waals surface area contributed by atoms with Gasteiger partial charge in [0.2, 0.25) is 0 Å². The molecule has 0 radical (unpaired) electrons. The summed E-state index contributed by atoms with van der Waals surface area (Å²) in [4.78, 5) is 23.7. The number of para-hydroxylation sites is 1. The third kappa shape index (κ3) is 3.87. The van der Waals surface area contributed by atoms with E-state index in [0.717, 1.165) is 11.3 Å². The van der Waals surface area contributed by atoms with Gasteiger partial charge in [0.05, 0.1) is 22.7 Å². The fraction of sp³-hybridized carbons (Fsp3) is 0.421. The van der Waals surface area contributed by atoms with Crippen LogP contribution in [0.25, 0.3) is 0 Å². The minimum absolute atomic E-state index is 0.126. The molecule has 1 aliphatic rings. The molecule has 26 heavy (non-hydrogen) atoms. The molecule has 7 heteroatoms. The number of carbonyl (C=O) groups is 2. The van der Waals surface area contributed by atoms with Crippen molar-refractivity contribution in [3.8, 4) is 5.75 Å². The minimum Gasteiger partial charge on any atom is -0.488 e. The second-order valence-electron chi connectivity index (χ2n) is 6.61. The molecule has 1 saturated carbocycles. The molecule has 2 atom stereocenters. The zero-order chi connectivity index (χ0) is 18.7. The van der Waals surface area contributed by atoms with Gasteiger partial charge < -0.3 is 19.7 Å². The molecule has 1 fully saturated rings. The van der Waals surface area contributed by atoms with Gasteiger partial charge in [-0.1, -0.05) is 17.3 Å². The molecule has 0 bridgehead atoms. The van der Waals surface area contributed by atoms with Gasteiger partial charge >= 0.3 is 5.97 Å². The Bertz CT molecular complexity index is 795. The first-order valence-corrected chi connectivity index (χ1v) is 8.63. The monoisotopic (exact) mass is 358 g/mol. The average molecular weight is 358 g/mol. The Morgan fingerprint density at radius 1 is 1.31 bits per heavy atom. The summed E-state index contributed by atoms with van der Waals surface area (Å²) in [5.74, 6) is -0.278. The summed E-state index contributed by atoms with van der Waals surface area (Å²) in [5, 5.41) is 15.9. The Morgan fingerprint density at radius 3 is 2.73 bits per heavy atom. The van der Waals surface area contributed by atoms with Crippen LogP contribution in [-0.2, 0) is 11.4 Å². The average Bonchev–Trinajstić information content (AvgIpc) is 3.21. The fourth-order valence-electron chi connectivity index (χ4n) is 3.24. The SMILES string of the molecule is Cc1noc(C)c1COc1ccccc1C(=O)N[C@@H]1CC[C@H](C(=O)O)C1. The number of nitrogens with one attached hydrogen (secondary N) is 1. The topological polar surface area (TPSA) is 102 Å². The Labute approximate surface area is 151 Å². The van der Waals surface area contributed by atoms with Crippen molar-refractivity contribution in [3.63, 3.8) is 0 Å². The molecule has 0 spiro atoms. The number of hydrogen-bond acceptors (Lipinski definition) is 5. The van der Waals surface area contributed by atoms with E-state index in [2.05, 4.69) is 10.5 Å². The zero-order valence-corrected chi connectivity index (χ0v) is 14.8. The predicted molar refractivity (Wildman–Crippen MR) is 93.0 cm³/mol. The lowest BCUT2D eigenvalue weighted by Crippen LogP contribution is -2.33. The highest BCUT2D eigenvalue weighted by Gasteiger charge is 2.31. The van der Waals surface area contributed by atoms with Crippen LogP contribution in [0.15, 0.2) is 28.8 Å². The number of hydrogen-bond donors (Lipinski definition) is 2. The van der Waals surface area contributed by atoms with Crippen molar-refractivity contribution in [3.05, 3.63) is 46.8 Å². The van der Waals surface area contributed by atoms with Gasteiger partial charge in [0.1, 0.15) is 18.1 Å². The Morgan fingerprint density at radius 2 is 2.08 bits per heavy atom. The molecule has 2 N–H and O–H groups in total. The molecule has 1 amide bonds. The highest BCUT2D eigenvalue weighted by Crippen LogP contribution is 2.27. The van der Waals surface area contributed by atoms with Gasteiger partial charge in [-0.3, -0.25) is 9.59 Å². The summed E-state index contributed by atoms with van der Waals surface area (Å²) in [6.07, 6.45) is 1.72. The number of aromatic nitrogens is 1. The van der Waals surface area contributed by atoms with E-state index in [9.17, 15) is 9.59 Å². The molecule has 3 rings (SSSR count). The highest BCUT2D eigenvalue weighted by atomic mass is 16.5. The summed E-state index contributed by atoms with van der Waals surface area (Å²) < 4.78 is 11.0. The number of carboxylic acid groups (broad SMARTS) is 1. The molecule has 138 valence electrons. The molecule has 1 heterocycles. The van der Waals surface area contributed by atoms with Crippen LogP contribution in [-0.4, -0.2) is 28.2 Å². The molecule has 0 saturated heterocycles. The van der Waals surface area contributed by atoms with E-state index in [4.69, 9.17) is 14.4 Å². The number of benzene rings is 1. The van der Waals surface area contributed by atoms with Gasteiger partial charge in [-0.05, 0) is 45.2 Å². The Balaban J connectivity index is 1.67. The summed E-state index contributed by atoms with van der Waals surface area (Å²) >= 11 is 0. The number of nitrogens with zero attached hydrogens (tertiary/aromatic N) is 1. The van der Waals surface area contributed by atoms with Crippen LogP contribution in [0.1, 0.15) is 46.6 Å². The van der Waals surface area contributed by atoms with Crippen LogP contribution in [0.5, 0.6) is 5.75 Å². The number of aryl methyl sites for hydroxylation is 2. The molecule has 0 unspecified atom stereocenters. The Kier molecular flexibility index (Phi) is 5.25. The van der Waals surface area contributed by atoms with Crippen molar-refractivity contribution < 1.29 is 24.0 Å². The van der Waals surface area contributed by atoms with Crippen LogP contribution < -0.4 is 10.1 Å². The number of amides is 1. The first kappa shape index (κ1) is 18.0. The van der Waals surface area contributed by atoms with E-state index in [1.807, 2.05) is 13.8 Å². The molecular weight excluding hydrogens is 336 g/mol. The maximum atomic E-state index is 12.6. The lowest BCUT2D eigenvalue weighted by molar-refractivity contribution is -0.141. The van der Waals surface area contributed by atoms with E-state index >= 15 is 0 Å². The number of rotatable bonds is 6. The van der Waals surface area contributed by atoms with Crippen LogP contribution in [0.3, 0.4) is 0 Å². The van der Waals surface area contributed by atoms with Gasteiger partial charge in [0.15, 0.2) is 0 Å². The Hall–Kier alpha value is -2.83. The van der Waals surface area contributed by atoms with Crippen LogP contribution in [0.4, 0.5) is 0 Å². The van der Waals surface area contributed by atoms with Gasteiger partial charge in [-0.15, -0.1) is 0 Å². The second-order valence-corrected chi connectivity index (χ2v) is 6.61. The number of carbonyl (C=O) groups excluding carboxylic acids is 1. The van der Waals surface area contributed by atoms with E-state index in [-0.39, 0.29) is 24.5 Å². The van der Waals surface area contributed by atoms with E-state index < -0.39 is 5.97 Å². The molecule has 0 aliphatic heterocycles. The van der Waals surface area contributed by atoms with Crippen LogP contribution >= 0.6 is 0 Å².